The summed E-state index contributed by atoms with van der Waals surface area (Å²) in [6.07, 6.45) is 0. The molecule has 0 bridgehead atoms. The second-order valence-electron chi connectivity index (χ2n) is 5.00. The fourth-order valence-corrected chi connectivity index (χ4v) is 1.94. The van der Waals surface area contributed by atoms with Crippen molar-refractivity contribution in [1.29, 1.82) is 0 Å². The molecule has 6 heteroatoms. The van der Waals surface area contributed by atoms with Crippen LogP contribution >= 0.6 is 0 Å². The fourth-order valence-electron chi connectivity index (χ4n) is 1.94. The zero-order valence-electron chi connectivity index (χ0n) is 12.4. The second-order valence-corrected chi connectivity index (χ2v) is 5.00. The summed E-state index contributed by atoms with van der Waals surface area (Å²) in [5.74, 6) is -0.338. The van der Waals surface area contributed by atoms with Crippen molar-refractivity contribution in [3.63, 3.8) is 0 Å². The molecule has 2 aromatic rings. The summed E-state index contributed by atoms with van der Waals surface area (Å²) in [6, 6.07) is 13.2. The van der Waals surface area contributed by atoms with Crippen LogP contribution in [0, 0.1) is 17.0 Å². The molecule has 0 aromatic heterocycles. The van der Waals surface area contributed by atoms with Gasteiger partial charge in [0.15, 0.2) is 0 Å². The third-order valence-electron chi connectivity index (χ3n) is 3.19. The largest absolute Gasteiger partial charge is 0.374 e. The molecule has 0 aliphatic rings. The molecule has 0 saturated carbocycles. The molecule has 0 aliphatic carbocycles. The lowest BCUT2D eigenvalue weighted by Gasteiger charge is -2.15. The van der Waals surface area contributed by atoms with Crippen molar-refractivity contribution in [3.8, 4) is 0 Å². The minimum Gasteiger partial charge on any atom is -0.374 e. The van der Waals surface area contributed by atoms with E-state index in [4.69, 9.17) is 0 Å². The van der Waals surface area contributed by atoms with E-state index < -0.39 is 11.0 Å². The molecule has 2 rings (SSSR count). The van der Waals surface area contributed by atoms with E-state index in [-0.39, 0.29) is 17.3 Å². The maximum atomic E-state index is 12.2. The molecule has 0 radical (unpaired) electrons. The highest BCUT2D eigenvalue weighted by Crippen LogP contribution is 2.23. The van der Waals surface area contributed by atoms with Crippen LogP contribution in [0.15, 0.2) is 48.5 Å². The Morgan fingerprint density at radius 1 is 1.14 bits per heavy atom. The smallest absolute Gasteiger partial charge is 0.292 e. The topological polar surface area (TPSA) is 84.3 Å². The Labute approximate surface area is 128 Å². The van der Waals surface area contributed by atoms with E-state index in [1.54, 1.807) is 19.1 Å². The molecular weight excluding hydrogens is 282 g/mol. The molecule has 2 aromatic carbocycles. The Morgan fingerprint density at radius 2 is 1.77 bits per heavy atom. The van der Waals surface area contributed by atoms with Crippen LogP contribution in [0.25, 0.3) is 0 Å². The average molecular weight is 299 g/mol. The van der Waals surface area contributed by atoms with Crippen molar-refractivity contribution in [2.75, 3.05) is 10.6 Å². The van der Waals surface area contributed by atoms with Gasteiger partial charge >= 0.3 is 0 Å². The van der Waals surface area contributed by atoms with Gasteiger partial charge in [0.1, 0.15) is 11.7 Å². The van der Waals surface area contributed by atoms with Crippen molar-refractivity contribution >= 4 is 23.0 Å². The van der Waals surface area contributed by atoms with Gasteiger partial charge < -0.3 is 10.6 Å². The van der Waals surface area contributed by atoms with Crippen molar-refractivity contribution in [3.05, 3.63) is 64.2 Å². The van der Waals surface area contributed by atoms with Crippen LogP contribution in [0.4, 0.5) is 17.1 Å². The molecule has 0 spiro atoms. The molecule has 0 aliphatic heterocycles. The number of carbonyl (C=O) groups is 1. The summed E-state index contributed by atoms with van der Waals surface area (Å²) in [7, 11) is 0. The number of nitro benzene ring substituents is 1. The van der Waals surface area contributed by atoms with E-state index in [9.17, 15) is 14.9 Å². The van der Waals surface area contributed by atoms with Crippen molar-refractivity contribution < 1.29 is 9.72 Å². The minimum absolute atomic E-state index is 0.126. The second kappa shape index (κ2) is 6.71. The number of para-hydroxylation sites is 2. The average Bonchev–Trinajstić information content (AvgIpc) is 2.49. The molecule has 2 N–H and O–H groups in total. The van der Waals surface area contributed by atoms with Gasteiger partial charge in [-0.15, -0.1) is 0 Å². The highest BCUT2D eigenvalue weighted by molar-refractivity contribution is 5.97. The number of anilines is 2. The first kappa shape index (κ1) is 15.5. The molecule has 0 heterocycles. The summed E-state index contributed by atoms with van der Waals surface area (Å²) in [5.41, 5.74) is 2.01. The van der Waals surface area contributed by atoms with Gasteiger partial charge in [0.05, 0.1) is 4.92 Å². The Balaban J connectivity index is 2.05. The van der Waals surface area contributed by atoms with Crippen LogP contribution < -0.4 is 10.6 Å². The van der Waals surface area contributed by atoms with Crippen LogP contribution in [0.3, 0.4) is 0 Å². The first-order valence-corrected chi connectivity index (χ1v) is 6.85. The standard InChI is InChI=1S/C16H17N3O3/c1-11-7-9-13(10-8-11)17-12(2)16(20)18-14-5-3-4-6-15(14)19(21)22/h3-10,12,17H,1-2H3,(H,18,20)/t12-/m0/s1. The predicted molar refractivity (Wildman–Crippen MR) is 86.0 cm³/mol. The Bertz CT molecular complexity index is 683. The van der Waals surface area contributed by atoms with E-state index in [0.717, 1.165) is 11.3 Å². The lowest BCUT2D eigenvalue weighted by atomic mass is 10.2. The molecule has 114 valence electrons. The van der Waals surface area contributed by atoms with Crippen LogP contribution in [-0.4, -0.2) is 16.9 Å². The normalized spacial score (nSPS) is 11.5. The van der Waals surface area contributed by atoms with E-state index in [0.29, 0.717) is 0 Å². The summed E-state index contributed by atoms with van der Waals surface area (Å²) in [6.45, 7) is 3.68. The first-order chi connectivity index (χ1) is 10.5. The van der Waals surface area contributed by atoms with Crippen LogP contribution in [-0.2, 0) is 4.79 Å². The lowest BCUT2D eigenvalue weighted by molar-refractivity contribution is -0.383. The van der Waals surface area contributed by atoms with E-state index in [1.165, 1.54) is 12.1 Å². The number of hydrogen-bond acceptors (Lipinski definition) is 4. The fraction of sp³-hybridized carbons (Fsp3) is 0.188. The van der Waals surface area contributed by atoms with Gasteiger partial charge in [-0.05, 0) is 32.0 Å². The van der Waals surface area contributed by atoms with Gasteiger partial charge in [0.25, 0.3) is 5.69 Å². The predicted octanol–water partition coefficient (Wildman–Crippen LogP) is 3.34. The summed E-state index contributed by atoms with van der Waals surface area (Å²) in [4.78, 5) is 22.6. The van der Waals surface area contributed by atoms with Gasteiger partial charge in [0, 0.05) is 11.8 Å². The van der Waals surface area contributed by atoms with E-state index >= 15 is 0 Å². The molecule has 0 unspecified atom stereocenters. The quantitative estimate of drug-likeness (QED) is 0.655. The van der Waals surface area contributed by atoms with Crippen molar-refractivity contribution in [2.45, 2.75) is 19.9 Å². The van der Waals surface area contributed by atoms with Crippen molar-refractivity contribution in [2.24, 2.45) is 0 Å². The maximum absolute atomic E-state index is 12.2. The highest BCUT2D eigenvalue weighted by Gasteiger charge is 2.18. The number of nitro groups is 1. The Hall–Kier alpha value is -2.89. The van der Waals surface area contributed by atoms with Gasteiger partial charge in [-0.2, -0.15) is 0 Å². The number of amides is 1. The number of hydrogen-bond donors (Lipinski definition) is 2. The van der Waals surface area contributed by atoms with Crippen LogP contribution in [0.2, 0.25) is 0 Å². The summed E-state index contributed by atoms with van der Waals surface area (Å²) >= 11 is 0. The molecule has 6 nitrogen and oxygen atoms in total. The monoisotopic (exact) mass is 299 g/mol. The summed E-state index contributed by atoms with van der Waals surface area (Å²) in [5, 5.41) is 16.6. The Morgan fingerprint density at radius 3 is 2.41 bits per heavy atom. The number of aryl methyl sites for hydroxylation is 1. The lowest BCUT2D eigenvalue weighted by Crippen LogP contribution is -2.32. The molecule has 0 fully saturated rings. The summed E-state index contributed by atoms with van der Waals surface area (Å²) < 4.78 is 0. The number of benzene rings is 2. The van der Waals surface area contributed by atoms with Gasteiger partial charge in [0.2, 0.25) is 5.91 Å². The molecule has 0 saturated heterocycles. The zero-order chi connectivity index (χ0) is 16.1. The van der Waals surface area contributed by atoms with Crippen molar-refractivity contribution in [1.82, 2.24) is 0 Å². The molecule has 1 atom stereocenters. The molecular formula is C16H17N3O3. The third-order valence-corrected chi connectivity index (χ3v) is 3.19. The zero-order valence-corrected chi connectivity index (χ0v) is 12.4. The number of carbonyl (C=O) groups excluding carboxylic acids is 1. The van der Waals surface area contributed by atoms with Crippen LogP contribution in [0.1, 0.15) is 12.5 Å². The highest BCUT2D eigenvalue weighted by atomic mass is 16.6. The number of rotatable bonds is 5. The van der Waals surface area contributed by atoms with E-state index in [1.807, 2.05) is 31.2 Å². The van der Waals surface area contributed by atoms with Gasteiger partial charge in [-0.3, -0.25) is 14.9 Å². The number of nitrogens with one attached hydrogen (secondary N) is 2. The Kier molecular flexibility index (Phi) is 4.73. The van der Waals surface area contributed by atoms with Gasteiger partial charge in [-0.25, -0.2) is 0 Å². The van der Waals surface area contributed by atoms with Crippen LogP contribution in [0.5, 0.6) is 0 Å². The first-order valence-electron chi connectivity index (χ1n) is 6.85. The van der Waals surface area contributed by atoms with Gasteiger partial charge in [-0.1, -0.05) is 29.8 Å². The minimum atomic E-state index is -0.525. The SMILES string of the molecule is Cc1ccc(N[C@@H](C)C(=O)Nc2ccccc2[N+](=O)[O-])cc1. The molecule has 1 amide bonds. The third kappa shape index (κ3) is 3.82. The molecule has 22 heavy (non-hydrogen) atoms. The number of nitrogens with zero attached hydrogens (tertiary/aromatic N) is 1. The maximum Gasteiger partial charge on any atom is 0.292 e. The van der Waals surface area contributed by atoms with E-state index in [2.05, 4.69) is 10.6 Å².